The van der Waals surface area contributed by atoms with Crippen molar-refractivity contribution in [2.45, 2.75) is 12.8 Å². The third-order valence-corrected chi connectivity index (χ3v) is 3.20. The summed E-state index contributed by atoms with van der Waals surface area (Å²) in [5.41, 5.74) is 8.04. The molecule has 1 aromatic heterocycles. The molecule has 1 amide bonds. The molecule has 0 spiro atoms. The number of unbranched alkanes of at least 4 members (excludes halogenated alkanes) is 1. The zero-order chi connectivity index (χ0) is 11.8. The van der Waals surface area contributed by atoms with Crippen LogP contribution in [0.4, 0.5) is 0 Å². The fourth-order valence-electron chi connectivity index (χ4n) is 1.09. The average molecular weight is 259 g/mol. The number of carbonyl (C=O) groups excluding carboxylic acids is 1. The molecule has 0 aliphatic rings. The number of hydrogen-bond acceptors (Lipinski definition) is 3. The second-order valence-corrected chi connectivity index (χ2v) is 4.34. The first-order chi connectivity index (χ1) is 7.75. The van der Waals surface area contributed by atoms with Gasteiger partial charge in [0.05, 0.1) is 5.02 Å². The Kier molecular flexibility index (Phi) is 5.71. The number of rotatable bonds is 6. The van der Waals surface area contributed by atoms with Crippen LogP contribution in [0.3, 0.4) is 0 Å². The molecule has 0 aromatic carbocycles. The van der Waals surface area contributed by atoms with E-state index in [2.05, 4.69) is 15.3 Å². The predicted molar refractivity (Wildman–Crippen MR) is 64.9 cm³/mol. The second kappa shape index (κ2) is 7.11. The Morgan fingerprint density at radius 1 is 1.62 bits per heavy atom. The Bertz CT molecular complexity index is 400. The molecule has 7 heteroatoms. The first kappa shape index (κ1) is 12.8. The number of thiophene rings is 1. The normalized spacial score (nSPS) is 9.56. The fourth-order valence-corrected chi connectivity index (χ4v) is 2.15. The van der Waals surface area contributed by atoms with Crippen LogP contribution >= 0.6 is 22.9 Å². The molecule has 0 atom stereocenters. The van der Waals surface area contributed by atoms with Gasteiger partial charge in [-0.3, -0.25) is 4.79 Å². The number of nitrogens with zero attached hydrogens (tertiary/aromatic N) is 3. The van der Waals surface area contributed by atoms with Gasteiger partial charge in [0.25, 0.3) is 5.91 Å². The number of amides is 1. The van der Waals surface area contributed by atoms with Crippen LogP contribution in [0.15, 0.2) is 16.6 Å². The van der Waals surface area contributed by atoms with Crippen LogP contribution in [-0.2, 0) is 0 Å². The summed E-state index contributed by atoms with van der Waals surface area (Å²) in [6.07, 6.45) is 1.55. The Morgan fingerprint density at radius 2 is 2.44 bits per heavy atom. The lowest BCUT2D eigenvalue weighted by Gasteiger charge is -2.02. The SMILES string of the molecule is [N-]=[N+]=NCCCCNC(=O)c1sccc1Cl. The van der Waals surface area contributed by atoms with Gasteiger partial charge in [0, 0.05) is 18.0 Å². The fraction of sp³-hybridized carbons (Fsp3) is 0.444. The maximum Gasteiger partial charge on any atom is 0.262 e. The Balaban J connectivity index is 2.21. The van der Waals surface area contributed by atoms with E-state index in [1.807, 2.05) is 0 Å². The summed E-state index contributed by atoms with van der Waals surface area (Å²) >= 11 is 7.13. The van der Waals surface area contributed by atoms with E-state index in [1.165, 1.54) is 11.3 Å². The van der Waals surface area contributed by atoms with Gasteiger partial charge in [-0.25, -0.2) is 0 Å². The van der Waals surface area contributed by atoms with Gasteiger partial charge in [-0.1, -0.05) is 16.7 Å². The van der Waals surface area contributed by atoms with Crippen molar-refractivity contribution < 1.29 is 4.79 Å². The number of halogens is 1. The monoisotopic (exact) mass is 258 g/mol. The lowest BCUT2D eigenvalue weighted by atomic mass is 10.3. The van der Waals surface area contributed by atoms with Gasteiger partial charge >= 0.3 is 0 Å². The van der Waals surface area contributed by atoms with Gasteiger partial charge in [0.2, 0.25) is 0 Å². The first-order valence-corrected chi connectivity index (χ1v) is 6.03. The minimum atomic E-state index is -0.149. The van der Waals surface area contributed by atoms with Crippen molar-refractivity contribution in [1.29, 1.82) is 0 Å². The van der Waals surface area contributed by atoms with Gasteiger partial charge < -0.3 is 5.32 Å². The van der Waals surface area contributed by atoms with Crippen LogP contribution in [0.1, 0.15) is 22.5 Å². The van der Waals surface area contributed by atoms with Crippen molar-refractivity contribution in [2.24, 2.45) is 5.11 Å². The molecule has 16 heavy (non-hydrogen) atoms. The van der Waals surface area contributed by atoms with Crippen LogP contribution in [-0.4, -0.2) is 19.0 Å². The van der Waals surface area contributed by atoms with Gasteiger partial charge in [-0.05, 0) is 29.8 Å². The minimum absolute atomic E-state index is 0.149. The third kappa shape index (κ3) is 4.10. The van der Waals surface area contributed by atoms with Crippen molar-refractivity contribution in [3.8, 4) is 0 Å². The summed E-state index contributed by atoms with van der Waals surface area (Å²) in [5.74, 6) is -0.149. The van der Waals surface area contributed by atoms with Crippen molar-refractivity contribution in [3.63, 3.8) is 0 Å². The molecule has 0 aliphatic carbocycles. The maximum absolute atomic E-state index is 11.5. The highest BCUT2D eigenvalue weighted by atomic mass is 35.5. The van der Waals surface area contributed by atoms with E-state index >= 15 is 0 Å². The van der Waals surface area contributed by atoms with Crippen LogP contribution in [0.25, 0.3) is 10.4 Å². The van der Waals surface area contributed by atoms with Crippen molar-refractivity contribution in [1.82, 2.24) is 5.32 Å². The number of azide groups is 1. The van der Waals surface area contributed by atoms with Crippen LogP contribution in [0.2, 0.25) is 5.02 Å². The van der Waals surface area contributed by atoms with E-state index in [0.717, 1.165) is 12.8 Å². The summed E-state index contributed by atoms with van der Waals surface area (Å²) in [6, 6.07) is 1.70. The number of carbonyl (C=O) groups is 1. The van der Waals surface area contributed by atoms with E-state index < -0.39 is 0 Å². The molecule has 1 rings (SSSR count). The topological polar surface area (TPSA) is 77.9 Å². The zero-order valence-corrected chi connectivity index (χ0v) is 10.1. The smallest absolute Gasteiger partial charge is 0.262 e. The maximum atomic E-state index is 11.5. The van der Waals surface area contributed by atoms with Gasteiger partial charge in [0.1, 0.15) is 4.88 Å². The van der Waals surface area contributed by atoms with E-state index in [9.17, 15) is 4.79 Å². The van der Waals surface area contributed by atoms with Crippen molar-refractivity contribution in [2.75, 3.05) is 13.1 Å². The Labute approximate surface area is 102 Å². The zero-order valence-electron chi connectivity index (χ0n) is 8.52. The van der Waals surface area contributed by atoms with E-state index in [1.54, 1.807) is 11.4 Å². The molecule has 5 nitrogen and oxygen atoms in total. The number of nitrogens with one attached hydrogen (secondary N) is 1. The molecule has 0 saturated carbocycles. The second-order valence-electron chi connectivity index (χ2n) is 3.02. The van der Waals surface area contributed by atoms with Crippen LogP contribution in [0, 0.1) is 0 Å². The predicted octanol–water partition coefficient (Wildman–Crippen LogP) is 3.22. The van der Waals surface area contributed by atoms with Gasteiger partial charge in [-0.2, -0.15) is 0 Å². The van der Waals surface area contributed by atoms with E-state index in [-0.39, 0.29) is 5.91 Å². The molecule has 0 radical (unpaired) electrons. The van der Waals surface area contributed by atoms with E-state index in [0.29, 0.717) is 23.0 Å². The minimum Gasteiger partial charge on any atom is -0.351 e. The van der Waals surface area contributed by atoms with Gasteiger partial charge in [-0.15, -0.1) is 11.3 Å². The molecule has 1 heterocycles. The molecule has 0 aliphatic heterocycles. The molecule has 0 fully saturated rings. The van der Waals surface area contributed by atoms with Crippen molar-refractivity contribution in [3.05, 3.63) is 31.8 Å². The summed E-state index contributed by atoms with van der Waals surface area (Å²) in [7, 11) is 0. The molecule has 1 aromatic rings. The molecule has 0 saturated heterocycles. The Morgan fingerprint density at radius 3 is 3.06 bits per heavy atom. The van der Waals surface area contributed by atoms with Crippen LogP contribution < -0.4 is 5.32 Å². The standard InChI is InChI=1S/C9H11ClN4OS/c10-7-3-6-16-8(7)9(15)12-4-1-2-5-13-14-11/h3,6H,1-2,4-5H2,(H,12,15). The Hall–Kier alpha value is -1.23. The third-order valence-electron chi connectivity index (χ3n) is 1.86. The highest BCUT2D eigenvalue weighted by Crippen LogP contribution is 2.21. The summed E-state index contributed by atoms with van der Waals surface area (Å²) in [4.78, 5) is 14.7. The lowest BCUT2D eigenvalue weighted by Crippen LogP contribution is -2.23. The number of hydrogen-bond donors (Lipinski definition) is 1. The molecular weight excluding hydrogens is 248 g/mol. The van der Waals surface area contributed by atoms with Gasteiger partial charge in [0.15, 0.2) is 0 Å². The molecular formula is C9H11ClN4OS. The van der Waals surface area contributed by atoms with Crippen LogP contribution in [0.5, 0.6) is 0 Å². The summed E-state index contributed by atoms with van der Waals surface area (Å²) < 4.78 is 0. The first-order valence-electron chi connectivity index (χ1n) is 4.77. The summed E-state index contributed by atoms with van der Waals surface area (Å²) in [5, 5.41) is 8.42. The quantitative estimate of drug-likeness (QED) is 0.362. The highest BCUT2D eigenvalue weighted by Gasteiger charge is 2.10. The summed E-state index contributed by atoms with van der Waals surface area (Å²) in [6.45, 7) is 1.03. The lowest BCUT2D eigenvalue weighted by molar-refractivity contribution is 0.0957. The largest absolute Gasteiger partial charge is 0.351 e. The molecule has 0 bridgehead atoms. The molecule has 86 valence electrons. The highest BCUT2D eigenvalue weighted by molar-refractivity contribution is 7.12. The molecule has 0 unspecified atom stereocenters. The van der Waals surface area contributed by atoms with Crippen molar-refractivity contribution >= 4 is 28.8 Å². The average Bonchev–Trinajstić information content (AvgIpc) is 2.69. The molecule has 1 N–H and O–H groups in total. The van der Waals surface area contributed by atoms with E-state index in [4.69, 9.17) is 17.1 Å².